The van der Waals surface area contributed by atoms with E-state index in [0.717, 1.165) is 5.56 Å². The number of halogens is 1. The van der Waals surface area contributed by atoms with Gasteiger partial charge >= 0.3 is 5.97 Å². The first-order valence-electron chi connectivity index (χ1n) is 7.42. The van der Waals surface area contributed by atoms with Gasteiger partial charge in [0.05, 0.1) is 11.2 Å². The van der Waals surface area contributed by atoms with E-state index in [1.807, 2.05) is 24.3 Å². The van der Waals surface area contributed by atoms with Gasteiger partial charge in [0.15, 0.2) is 0 Å². The van der Waals surface area contributed by atoms with Gasteiger partial charge in [-0.05, 0) is 30.5 Å². The van der Waals surface area contributed by atoms with Gasteiger partial charge in [0.1, 0.15) is 0 Å². The van der Waals surface area contributed by atoms with E-state index in [4.69, 9.17) is 16.3 Å². The molecule has 5 nitrogen and oxygen atoms in total. The summed E-state index contributed by atoms with van der Waals surface area (Å²) < 4.78 is 5.21. The molecule has 0 spiro atoms. The van der Waals surface area contributed by atoms with Crippen LogP contribution in [0.3, 0.4) is 0 Å². The lowest BCUT2D eigenvalue weighted by atomic mass is 9.80. The van der Waals surface area contributed by atoms with Crippen LogP contribution in [0.15, 0.2) is 24.3 Å². The quantitative estimate of drug-likeness (QED) is 0.784. The molecule has 1 aromatic carbocycles. The van der Waals surface area contributed by atoms with Gasteiger partial charge < -0.3 is 15.2 Å². The Hall–Kier alpha value is -1.24. The molecule has 1 heterocycles. The number of amides is 1. The first kappa shape index (κ1) is 18.1. The monoisotopic (exact) mass is 357 g/mol. The van der Waals surface area contributed by atoms with E-state index in [1.54, 1.807) is 0 Å². The normalized spacial score (nSPS) is 16.7. The number of thioether (sulfide) groups is 1. The number of hydrogen-bond acceptors (Lipinski definition) is 4. The van der Waals surface area contributed by atoms with Gasteiger partial charge in [-0.1, -0.05) is 23.7 Å². The van der Waals surface area contributed by atoms with Crippen molar-refractivity contribution in [1.29, 1.82) is 0 Å². The minimum Gasteiger partial charge on any atom is -0.481 e. The van der Waals surface area contributed by atoms with Gasteiger partial charge in [0, 0.05) is 30.5 Å². The summed E-state index contributed by atoms with van der Waals surface area (Å²) in [7, 11) is 0. The number of nitrogens with one attached hydrogen (secondary N) is 1. The Labute approximate surface area is 144 Å². The molecule has 1 aliphatic heterocycles. The van der Waals surface area contributed by atoms with Crippen molar-refractivity contribution in [1.82, 2.24) is 5.32 Å². The highest BCUT2D eigenvalue weighted by molar-refractivity contribution is 7.99. The van der Waals surface area contributed by atoms with Gasteiger partial charge in [0.2, 0.25) is 5.91 Å². The van der Waals surface area contributed by atoms with Crippen molar-refractivity contribution in [2.75, 3.05) is 25.5 Å². The summed E-state index contributed by atoms with van der Waals surface area (Å²) in [6.45, 7) is 1.000. The molecule has 2 N–H and O–H groups in total. The Morgan fingerprint density at radius 3 is 2.74 bits per heavy atom. The Morgan fingerprint density at radius 1 is 1.35 bits per heavy atom. The molecule has 1 saturated heterocycles. The lowest BCUT2D eigenvalue weighted by Crippen LogP contribution is -2.46. The lowest BCUT2D eigenvalue weighted by Gasteiger charge is -2.33. The third-order valence-corrected chi connectivity index (χ3v) is 5.16. The van der Waals surface area contributed by atoms with Crippen LogP contribution >= 0.6 is 23.4 Å². The molecule has 7 heteroatoms. The summed E-state index contributed by atoms with van der Waals surface area (Å²) in [5.41, 5.74) is 0.160. The Balaban J connectivity index is 1.75. The summed E-state index contributed by atoms with van der Waals surface area (Å²) >= 11 is 7.39. The number of carbonyl (C=O) groups is 2. The number of benzene rings is 1. The van der Waals surface area contributed by atoms with Crippen LogP contribution in [0.4, 0.5) is 0 Å². The predicted octanol–water partition coefficient (Wildman–Crippen LogP) is 2.57. The molecule has 0 bridgehead atoms. The van der Waals surface area contributed by atoms with Crippen LogP contribution in [-0.4, -0.2) is 42.5 Å². The number of ether oxygens (including phenoxy) is 1. The van der Waals surface area contributed by atoms with Crippen LogP contribution in [0.5, 0.6) is 0 Å². The van der Waals surface area contributed by atoms with Crippen molar-refractivity contribution in [2.45, 2.75) is 18.6 Å². The van der Waals surface area contributed by atoms with E-state index < -0.39 is 11.4 Å². The van der Waals surface area contributed by atoms with E-state index in [2.05, 4.69) is 5.32 Å². The summed E-state index contributed by atoms with van der Waals surface area (Å²) in [6.07, 6.45) is 0.858. The number of rotatable bonds is 7. The zero-order chi connectivity index (χ0) is 16.7. The minimum atomic E-state index is -0.897. The molecular weight excluding hydrogens is 338 g/mol. The number of carboxylic acid groups (broad SMARTS) is 1. The highest BCUT2D eigenvalue weighted by Crippen LogP contribution is 2.30. The third kappa shape index (κ3) is 5.41. The highest BCUT2D eigenvalue weighted by Gasteiger charge is 2.40. The number of carboxylic acids is 1. The van der Waals surface area contributed by atoms with E-state index in [0.29, 0.717) is 42.6 Å². The largest absolute Gasteiger partial charge is 0.481 e. The van der Waals surface area contributed by atoms with Crippen LogP contribution in [0, 0.1) is 5.41 Å². The summed E-state index contributed by atoms with van der Waals surface area (Å²) in [6, 6.07) is 7.51. The van der Waals surface area contributed by atoms with Crippen molar-refractivity contribution in [3.8, 4) is 0 Å². The van der Waals surface area contributed by atoms with Gasteiger partial charge in [-0.15, -0.1) is 11.8 Å². The second-order valence-electron chi connectivity index (χ2n) is 5.60. The van der Waals surface area contributed by atoms with Crippen molar-refractivity contribution < 1.29 is 19.4 Å². The van der Waals surface area contributed by atoms with Crippen LogP contribution in [0.2, 0.25) is 5.02 Å². The third-order valence-electron chi connectivity index (χ3n) is 3.92. The van der Waals surface area contributed by atoms with Gasteiger partial charge in [-0.2, -0.15) is 0 Å². The fourth-order valence-corrected chi connectivity index (χ4v) is 3.45. The van der Waals surface area contributed by atoms with Crippen molar-refractivity contribution in [3.05, 3.63) is 34.9 Å². The molecule has 23 heavy (non-hydrogen) atoms. The molecule has 0 unspecified atom stereocenters. The standard InChI is InChI=1S/C16H20ClNO4S/c17-13-3-1-2-12(8-13)9-23-10-14(19)18-11-16(15(20)21)4-6-22-7-5-16/h1-3,8H,4-7,9-11H2,(H,18,19)(H,20,21). The molecular formula is C16H20ClNO4S. The van der Waals surface area contributed by atoms with Crippen LogP contribution < -0.4 is 5.32 Å². The molecule has 0 saturated carbocycles. The molecule has 0 aliphatic carbocycles. The maximum absolute atomic E-state index is 11.9. The summed E-state index contributed by atoms with van der Waals surface area (Å²) in [5, 5.41) is 12.9. The zero-order valence-corrected chi connectivity index (χ0v) is 14.3. The van der Waals surface area contributed by atoms with Crippen LogP contribution in [0.25, 0.3) is 0 Å². The second-order valence-corrected chi connectivity index (χ2v) is 7.02. The summed E-state index contributed by atoms with van der Waals surface area (Å²) in [4.78, 5) is 23.4. The lowest BCUT2D eigenvalue weighted by molar-refractivity contribution is -0.154. The van der Waals surface area contributed by atoms with Crippen molar-refractivity contribution in [2.24, 2.45) is 5.41 Å². The van der Waals surface area contributed by atoms with E-state index in [1.165, 1.54) is 11.8 Å². The van der Waals surface area contributed by atoms with Crippen LogP contribution in [0.1, 0.15) is 18.4 Å². The highest BCUT2D eigenvalue weighted by atomic mass is 35.5. The molecule has 2 rings (SSSR count). The average Bonchev–Trinajstić information content (AvgIpc) is 2.54. The smallest absolute Gasteiger partial charge is 0.311 e. The zero-order valence-electron chi connectivity index (χ0n) is 12.7. The Morgan fingerprint density at radius 2 is 2.09 bits per heavy atom. The molecule has 0 aromatic heterocycles. The van der Waals surface area contributed by atoms with Crippen molar-refractivity contribution >= 4 is 35.2 Å². The molecule has 1 aromatic rings. The van der Waals surface area contributed by atoms with Gasteiger partial charge in [-0.3, -0.25) is 9.59 Å². The topological polar surface area (TPSA) is 75.6 Å². The molecule has 0 atom stereocenters. The molecule has 1 fully saturated rings. The minimum absolute atomic E-state index is 0.149. The average molecular weight is 358 g/mol. The number of hydrogen-bond donors (Lipinski definition) is 2. The Kier molecular flexibility index (Phi) is 6.74. The van der Waals surface area contributed by atoms with Gasteiger partial charge in [0.25, 0.3) is 0 Å². The van der Waals surface area contributed by atoms with E-state index >= 15 is 0 Å². The number of carbonyl (C=O) groups excluding carboxylic acids is 1. The molecule has 126 valence electrons. The SMILES string of the molecule is O=C(CSCc1cccc(Cl)c1)NCC1(C(=O)O)CCOCC1. The maximum Gasteiger partial charge on any atom is 0.311 e. The predicted molar refractivity (Wildman–Crippen MR) is 90.7 cm³/mol. The number of aliphatic carboxylic acids is 1. The maximum atomic E-state index is 11.9. The Bertz CT molecular complexity index is 561. The van der Waals surface area contributed by atoms with Crippen LogP contribution in [-0.2, 0) is 20.1 Å². The first-order chi connectivity index (χ1) is 11.0. The fraction of sp³-hybridized carbons (Fsp3) is 0.500. The van der Waals surface area contributed by atoms with Crippen molar-refractivity contribution in [3.63, 3.8) is 0 Å². The molecule has 1 aliphatic rings. The van der Waals surface area contributed by atoms with E-state index in [-0.39, 0.29) is 12.5 Å². The summed E-state index contributed by atoms with van der Waals surface area (Å²) in [5.74, 6) is -0.0400. The molecule has 1 amide bonds. The first-order valence-corrected chi connectivity index (χ1v) is 8.95. The molecule has 0 radical (unpaired) electrons. The van der Waals surface area contributed by atoms with E-state index in [9.17, 15) is 14.7 Å². The fourth-order valence-electron chi connectivity index (χ4n) is 2.44. The van der Waals surface area contributed by atoms with Gasteiger partial charge in [-0.25, -0.2) is 0 Å². The second kappa shape index (κ2) is 8.57.